The first-order valence-electron chi connectivity index (χ1n) is 5.35. The third kappa shape index (κ3) is 3.09. The molecule has 0 atom stereocenters. The van der Waals surface area contributed by atoms with Crippen molar-refractivity contribution >= 4 is 23.2 Å². The number of benzene rings is 1. The van der Waals surface area contributed by atoms with Gasteiger partial charge < -0.3 is 15.1 Å². The SMILES string of the molecule is CNCc1nc(C(=O)Nc2ccc(Cl)cc2)co1. The number of carbonyl (C=O) groups is 1. The number of carbonyl (C=O) groups excluding carboxylic acids is 1. The number of hydrogen-bond acceptors (Lipinski definition) is 4. The molecule has 2 aromatic rings. The highest BCUT2D eigenvalue weighted by Crippen LogP contribution is 2.14. The molecule has 1 aromatic heterocycles. The molecule has 0 aliphatic carbocycles. The summed E-state index contributed by atoms with van der Waals surface area (Å²) in [4.78, 5) is 15.9. The molecule has 0 saturated heterocycles. The van der Waals surface area contributed by atoms with Crippen LogP contribution in [0.4, 0.5) is 5.69 Å². The van der Waals surface area contributed by atoms with E-state index < -0.39 is 0 Å². The summed E-state index contributed by atoms with van der Waals surface area (Å²) in [6, 6.07) is 6.84. The number of rotatable bonds is 4. The van der Waals surface area contributed by atoms with Crippen molar-refractivity contribution in [2.45, 2.75) is 6.54 Å². The fourth-order valence-corrected chi connectivity index (χ4v) is 1.50. The van der Waals surface area contributed by atoms with E-state index in [9.17, 15) is 4.79 Å². The molecule has 1 amide bonds. The fourth-order valence-electron chi connectivity index (χ4n) is 1.38. The molecule has 0 aliphatic heterocycles. The number of aromatic nitrogens is 1. The first-order valence-corrected chi connectivity index (χ1v) is 5.73. The minimum absolute atomic E-state index is 0.246. The number of nitrogens with zero attached hydrogens (tertiary/aromatic N) is 1. The van der Waals surface area contributed by atoms with E-state index in [0.29, 0.717) is 23.1 Å². The second-order valence-electron chi connectivity index (χ2n) is 3.62. The van der Waals surface area contributed by atoms with Crippen LogP contribution in [-0.2, 0) is 6.54 Å². The lowest BCUT2D eigenvalue weighted by atomic mass is 10.3. The topological polar surface area (TPSA) is 67.2 Å². The van der Waals surface area contributed by atoms with Gasteiger partial charge in [0.1, 0.15) is 6.26 Å². The zero-order valence-electron chi connectivity index (χ0n) is 9.74. The van der Waals surface area contributed by atoms with Crippen molar-refractivity contribution in [2.75, 3.05) is 12.4 Å². The number of hydrogen-bond donors (Lipinski definition) is 2. The number of amides is 1. The lowest BCUT2D eigenvalue weighted by molar-refractivity contribution is 0.102. The lowest BCUT2D eigenvalue weighted by Crippen LogP contribution is -2.13. The van der Waals surface area contributed by atoms with Crippen molar-refractivity contribution in [2.24, 2.45) is 0 Å². The normalized spacial score (nSPS) is 10.3. The van der Waals surface area contributed by atoms with E-state index in [0.717, 1.165) is 0 Å². The van der Waals surface area contributed by atoms with Crippen molar-refractivity contribution in [1.82, 2.24) is 10.3 Å². The van der Waals surface area contributed by atoms with Gasteiger partial charge in [-0.3, -0.25) is 4.79 Å². The van der Waals surface area contributed by atoms with Gasteiger partial charge in [-0.2, -0.15) is 0 Å². The molecule has 0 aliphatic rings. The maximum absolute atomic E-state index is 11.8. The Kier molecular flexibility index (Phi) is 3.96. The highest BCUT2D eigenvalue weighted by molar-refractivity contribution is 6.30. The summed E-state index contributed by atoms with van der Waals surface area (Å²) in [7, 11) is 1.78. The minimum Gasteiger partial charge on any atom is -0.447 e. The summed E-state index contributed by atoms with van der Waals surface area (Å²) < 4.78 is 5.13. The zero-order chi connectivity index (χ0) is 13.0. The van der Waals surface area contributed by atoms with Crippen molar-refractivity contribution in [3.05, 3.63) is 47.1 Å². The molecule has 2 rings (SSSR count). The highest BCUT2D eigenvalue weighted by atomic mass is 35.5. The first-order chi connectivity index (χ1) is 8.69. The van der Waals surface area contributed by atoms with Gasteiger partial charge in [-0.1, -0.05) is 11.6 Å². The second kappa shape index (κ2) is 5.66. The van der Waals surface area contributed by atoms with E-state index in [4.69, 9.17) is 16.0 Å². The van der Waals surface area contributed by atoms with Crippen LogP contribution in [0.5, 0.6) is 0 Å². The van der Waals surface area contributed by atoms with Gasteiger partial charge in [0.05, 0.1) is 6.54 Å². The van der Waals surface area contributed by atoms with Crippen LogP contribution >= 0.6 is 11.6 Å². The van der Waals surface area contributed by atoms with Gasteiger partial charge in [0.15, 0.2) is 5.69 Å². The quantitative estimate of drug-likeness (QED) is 0.890. The summed E-state index contributed by atoms with van der Waals surface area (Å²) in [5.74, 6) is 0.155. The van der Waals surface area contributed by atoms with Gasteiger partial charge in [0, 0.05) is 10.7 Å². The summed E-state index contributed by atoms with van der Waals surface area (Å²) >= 11 is 5.76. The van der Waals surface area contributed by atoms with Crippen LogP contribution in [0.25, 0.3) is 0 Å². The molecule has 2 N–H and O–H groups in total. The Bertz CT molecular complexity index is 537. The number of halogens is 1. The molecule has 1 heterocycles. The Labute approximate surface area is 109 Å². The van der Waals surface area contributed by atoms with E-state index in [2.05, 4.69) is 15.6 Å². The van der Waals surface area contributed by atoms with Gasteiger partial charge in [-0.05, 0) is 31.3 Å². The van der Waals surface area contributed by atoms with Crippen LogP contribution < -0.4 is 10.6 Å². The Balaban J connectivity index is 2.04. The van der Waals surface area contributed by atoms with Crippen molar-refractivity contribution in [1.29, 1.82) is 0 Å². The fraction of sp³-hybridized carbons (Fsp3) is 0.167. The van der Waals surface area contributed by atoms with Crippen LogP contribution in [0.3, 0.4) is 0 Å². The summed E-state index contributed by atoms with van der Waals surface area (Å²) in [5, 5.41) is 6.21. The molecule has 1 aromatic carbocycles. The van der Waals surface area contributed by atoms with E-state index in [1.165, 1.54) is 6.26 Å². The van der Waals surface area contributed by atoms with Gasteiger partial charge in [0.25, 0.3) is 5.91 Å². The Morgan fingerprint density at radius 1 is 1.39 bits per heavy atom. The zero-order valence-corrected chi connectivity index (χ0v) is 10.5. The minimum atomic E-state index is -0.316. The first kappa shape index (κ1) is 12.6. The predicted octanol–water partition coefficient (Wildman–Crippen LogP) is 2.30. The highest BCUT2D eigenvalue weighted by Gasteiger charge is 2.11. The molecule has 0 bridgehead atoms. The maximum Gasteiger partial charge on any atom is 0.277 e. The molecule has 94 valence electrons. The average Bonchev–Trinajstić information content (AvgIpc) is 2.81. The third-order valence-electron chi connectivity index (χ3n) is 2.21. The molecule has 0 unspecified atom stereocenters. The van der Waals surface area contributed by atoms with Gasteiger partial charge in [-0.15, -0.1) is 0 Å². The third-order valence-corrected chi connectivity index (χ3v) is 2.47. The Morgan fingerprint density at radius 2 is 2.11 bits per heavy atom. The van der Waals surface area contributed by atoms with Crippen LogP contribution in [0.1, 0.15) is 16.4 Å². The smallest absolute Gasteiger partial charge is 0.277 e. The Morgan fingerprint density at radius 3 is 2.78 bits per heavy atom. The van der Waals surface area contributed by atoms with Gasteiger partial charge in [-0.25, -0.2) is 4.98 Å². The molecule has 0 saturated carbocycles. The molecule has 5 nitrogen and oxygen atoms in total. The summed E-state index contributed by atoms with van der Waals surface area (Å²) in [6.07, 6.45) is 1.33. The number of oxazole rings is 1. The summed E-state index contributed by atoms with van der Waals surface area (Å²) in [6.45, 7) is 0.480. The van der Waals surface area contributed by atoms with Crippen molar-refractivity contribution in [3.8, 4) is 0 Å². The standard InChI is InChI=1S/C12H12ClN3O2/c1-14-6-11-16-10(7-18-11)12(17)15-9-4-2-8(13)3-5-9/h2-5,7,14H,6H2,1H3,(H,15,17). The second-order valence-corrected chi connectivity index (χ2v) is 4.05. The van der Waals surface area contributed by atoms with Gasteiger partial charge in [0.2, 0.25) is 5.89 Å². The molecule has 0 fully saturated rings. The van der Waals surface area contributed by atoms with Crippen molar-refractivity contribution < 1.29 is 9.21 Å². The van der Waals surface area contributed by atoms with Crippen LogP contribution in [-0.4, -0.2) is 17.9 Å². The lowest BCUT2D eigenvalue weighted by Gasteiger charge is -2.02. The monoisotopic (exact) mass is 265 g/mol. The van der Waals surface area contributed by atoms with Gasteiger partial charge >= 0.3 is 0 Å². The maximum atomic E-state index is 11.8. The summed E-state index contributed by atoms with van der Waals surface area (Å²) in [5.41, 5.74) is 0.901. The molecule has 0 spiro atoms. The number of nitrogens with one attached hydrogen (secondary N) is 2. The van der Waals surface area contributed by atoms with E-state index in [1.54, 1.807) is 31.3 Å². The molecule has 18 heavy (non-hydrogen) atoms. The molecule has 0 radical (unpaired) electrons. The van der Waals surface area contributed by atoms with Crippen LogP contribution in [0.2, 0.25) is 5.02 Å². The predicted molar refractivity (Wildman–Crippen MR) is 68.7 cm³/mol. The van der Waals surface area contributed by atoms with E-state index in [-0.39, 0.29) is 11.6 Å². The largest absolute Gasteiger partial charge is 0.447 e. The Hall–Kier alpha value is -1.85. The van der Waals surface area contributed by atoms with E-state index >= 15 is 0 Å². The van der Waals surface area contributed by atoms with E-state index in [1.807, 2.05) is 0 Å². The average molecular weight is 266 g/mol. The van der Waals surface area contributed by atoms with Crippen LogP contribution in [0, 0.1) is 0 Å². The molecular weight excluding hydrogens is 254 g/mol. The molecule has 6 heteroatoms. The van der Waals surface area contributed by atoms with Crippen molar-refractivity contribution in [3.63, 3.8) is 0 Å². The number of anilines is 1. The van der Waals surface area contributed by atoms with Crippen LogP contribution in [0.15, 0.2) is 34.9 Å². The molecular formula is C12H12ClN3O2.